The molecule has 2 rings (SSSR count). The number of aryl methyl sites for hydroxylation is 1. The number of hydrogen-bond donors (Lipinski definition) is 2. The average Bonchev–Trinajstić information content (AvgIpc) is 2.93. The van der Waals surface area contributed by atoms with Crippen LogP contribution in [0.15, 0.2) is 28.6 Å². The molecule has 2 N–H and O–H groups in total. The Labute approximate surface area is 158 Å². The third kappa shape index (κ3) is 6.30. The van der Waals surface area contributed by atoms with Crippen molar-refractivity contribution >= 4 is 47.1 Å². The van der Waals surface area contributed by atoms with Crippen molar-refractivity contribution in [2.24, 2.45) is 4.99 Å². The highest BCUT2D eigenvalue weighted by molar-refractivity contribution is 14.0. The van der Waals surface area contributed by atoms with Gasteiger partial charge in [0.2, 0.25) is 0 Å². The van der Waals surface area contributed by atoms with Gasteiger partial charge >= 0.3 is 0 Å². The molecular weight excluding hydrogens is 423 g/mol. The summed E-state index contributed by atoms with van der Waals surface area (Å²) in [4.78, 5) is 15.2. The van der Waals surface area contributed by atoms with Gasteiger partial charge in [-0.1, -0.05) is 6.07 Å². The van der Waals surface area contributed by atoms with Crippen molar-refractivity contribution in [1.82, 2.24) is 20.6 Å². The largest absolute Gasteiger partial charge is 0.363 e. The van der Waals surface area contributed by atoms with E-state index in [9.17, 15) is 0 Å². The molecule has 0 aliphatic carbocycles. The second-order valence-electron chi connectivity index (χ2n) is 5.04. The Hall–Kier alpha value is -1.42. The highest BCUT2D eigenvalue weighted by Gasteiger charge is 2.03. The Morgan fingerprint density at radius 1 is 1.22 bits per heavy atom. The molecule has 0 atom stereocenters. The van der Waals surface area contributed by atoms with Crippen molar-refractivity contribution in [1.29, 1.82) is 0 Å². The minimum absolute atomic E-state index is 0. The first-order chi connectivity index (χ1) is 10.6. The molecular formula is C15H23IN6S. The van der Waals surface area contributed by atoms with E-state index in [-0.39, 0.29) is 24.0 Å². The van der Waals surface area contributed by atoms with Crippen LogP contribution in [0.5, 0.6) is 0 Å². The maximum absolute atomic E-state index is 4.57. The molecule has 2 aromatic heterocycles. The van der Waals surface area contributed by atoms with Crippen molar-refractivity contribution in [3.8, 4) is 0 Å². The average molecular weight is 446 g/mol. The van der Waals surface area contributed by atoms with E-state index in [2.05, 4.69) is 25.6 Å². The Morgan fingerprint density at radius 3 is 2.57 bits per heavy atom. The molecule has 0 aromatic carbocycles. The van der Waals surface area contributed by atoms with E-state index in [4.69, 9.17) is 0 Å². The van der Waals surface area contributed by atoms with Crippen LogP contribution in [-0.4, -0.2) is 37.1 Å². The smallest absolute Gasteiger partial charge is 0.191 e. The molecule has 0 saturated heterocycles. The molecule has 0 saturated carbocycles. The predicted molar refractivity (Wildman–Crippen MR) is 108 cm³/mol. The van der Waals surface area contributed by atoms with Crippen LogP contribution in [0.4, 0.5) is 5.82 Å². The molecule has 0 spiro atoms. The molecule has 0 radical (unpaired) electrons. The molecule has 0 bridgehead atoms. The number of halogens is 1. The van der Waals surface area contributed by atoms with Crippen LogP contribution in [0.2, 0.25) is 0 Å². The minimum atomic E-state index is 0. The van der Waals surface area contributed by atoms with Crippen molar-refractivity contribution in [3.05, 3.63) is 40.0 Å². The zero-order chi connectivity index (χ0) is 15.9. The third-order valence-electron chi connectivity index (χ3n) is 2.98. The topological polar surface area (TPSA) is 65.4 Å². The molecule has 0 aliphatic heterocycles. The SMILES string of the molecule is CN=C(NCc1cccc(N(C)C)n1)NCc1nc(C)cs1.I. The molecule has 126 valence electrons. The van der Waals surface area contributed by atoms with E-state index in [0.717, 1.165) is 28.2 Å². The van der Waals surface area contributed by atoms with Gasteiger partial charge in [-0.15, -0.1) is 35.3 Å². The summed E-state index contributed by atoms with van der Waals surface area (Å²) in [6, 6.07) is 5.99. The van der Waals surface area contributed by atoms with Crippen LogP contribution in [0.25, 0.3) is 0 Å². The fourth-order valence-electron chi connectivity index (χ4n) is 1.85. The maximum atomic E-state index is 4.57. The first kappa shape index (κ1) is 19.6. The van der Waals surface area contributed by atoms with E-state index in [0.29, 0.717) is 13.1 Å². The summed E-state index contributed by atoms with van der Waals surface area (Å²) < 4.78 is 0. The van der Waals surface area contributed by atoms with Crippen LogP contribution >= 0.6 is 35.3 Å². The zero-order valence-electron chi connectivity index (χ0n) is 13.8. The molecule has 8 heteroatoms. The second kappa shape index (κ2) is 9.66. The van der Waals surface area contributed by atoms with Crippen LogP contribution in [0.1, 0.15) is 16.4 Å². The number of nitrogens with zero attached hydrogens (tertiary/aromatic N) is 4. The van der Waals surface area contributed by atoms with E-state index >= 15 is 0 Å². The molecule has 23 heavy (non-hydrogen) atoms. The van der Waals surface area contributed by atoms with Gasteiger partial charge in [-0.3, -0.25) is 4.99 Å². The number of anilines is 1. The van der Waals surface area contributed by atoms with E-state index in [1.807, 2.05) is 49.5 Å². The quantitative estimate of drug-likeness (QED) is 0.420. The molecule has 2 aromatic rings. The molecule has 0 amide bonds. The summed E-state index contributed by atoms with van der Waals surface area (Å²) >= 11 is 1.65. The highest BCUT2D eigenvalue weighted by atomic mass is 127. The van der Waals surface area contributed by atoms with Gasteiger partial charge in [-0.2, -0.15) is 0 Å². The zero-order valence-corrected chi connectivity index (χ0v) is 17.0. The molecule has 6 nitrogen and oxygen atoms in total. The van der Waals surface area contributed by atoms with Gasteiger partial charge in [-0.25, -0.2) is 9.97 Å². The predicted octanol–water partition coefficient (Wildman–Crippen LogP) is 2.40. The molecule has 0 fully saturated rings. The number of guanidine groups is 1. The summed E-state index contributed by atoms with van der Waals surface area (Å²) in [7, 11) is 5.72. The van der Waals surface area contributed by atoms with Crippen LogP contribution < -0.4 is 15.5 Å². The summed E-state index contributed by atoms with van der Waals surface area (Å²) in [6.45, 7) is 3.29. The fraction of sp³-hybridized carbons (Fsp3) is 0.400. The number of nitrogens with one attached hydrogen (secondary N) is 2. The van der Waals surface area contributed by atoms with E-state index in [1.165, 1.54) is 0 Å². The number of aliphatic imine (C=N–C) groups is 1. The van der Waals surface area contributed by atoms with Gasteiger partial charge in [0.25, 0.3) is 0 Å². The van der Waals surface area contributed by atoms with Crippen molar-refractivity contribution in [2.75, 3.05) is 26.0 Å². The summed E-state index contributed by atoms with van der Waals surface area (Å²) in [5, 5.41) is 9.61. The molecule has 0 aliphatic rings. The second-order valence-corrected chi connectivity index (χ2v) is 5.99. The Morgan fingerprint density at radius 2 is 1.96 bits per heavy atom. The van der Waals surface area contributed by atoms with E-state index < -0.39 is 0 Å². The van der Waals surface area contributed by atoms with Crippen molar-refractivity contribution in [3.63, 3.8) is 0 Å². The number of hydrogen-bond acceptors (Lipinski definition) is 5. The van der Waals surface area contributed by atoms with Gasteiger partial charge in [-0.05, 0) is 19.1 Å². The lowest BCUT2D eigenvalue weighted by Crippen LogP contribution is -2.36. The van der Waals surface area contributed by atoms with Gasteiger partial charge in [0.05, 0.1) is 18.8 Å². The first-order valence-corrected chi connectivity index (χ1v) is 7.95. The van der Waals surface area contributed by atoms with Crippen molar-refractivity contribution in [2.45, 2.75) is 20.0 Å². The van der Waals surface area contributed by atoms with Gasteiger partial charge in [0.1, 0.15) is 10.8 Å². The normalized spacial score (nSPS) is 10.9. The summed E-state index contributed by atoms with van der Waals surface area (Å²) in [5.41, 5.74) is 2.02. The number of thiazole rings is 1. The lowest BCUT2D eigenvalue weighted by atomic mass is 10.3. The Kier molecular flexibility index (Phi) is 8.24. The van der Waals surface area contributed by atoms with Crippen molar-refractivity contribution < 1.29 is 0 Å². The van der Waals surface area contributed by atoms with Crippen LogP contribution in [-0.2, 0) is 13.1 Å². The maximum Gasteiger partial charge on any atom is 0.191 e. The van der Waals surface area contributed by atoms with Gasteiger partial charge < -0.3 is 15.5 Å². The fourth-order valence-corrected chi connectivity index (χ4v) is 2.56. The minimum Gasteiger partial charge on any atom is -0.363 e. The molecule has 2 heterocycles. The van der Waals surface area contributed by atoms with Gasteiger partial charge in [0, 0.05) is 32.2 Å². The Balaban J connectivity index is 0.00000264. The third-order valence-corrected chi connectivity index (χ3v) is 3.95. The number of rotatable bonds is 5. The summed E-state index contributed by atoms with van der Waals surface area (Å²) in [6.07, 6.45) is 0. The van der Waals surface area contributed by atoms with Gasteiger partial charge in [0.15, 0.2) is 5.96 Å². The Bertz CT molecular complexity index is 640. The lowest BCUT2D eigenvalue weighted by Gasteiger charge is -2.14. The first-order valence-electron chi connectivity index (χ1n) is 7.07. The molecule has 0 unspecified atom stereocenters. The summed E-state index contributed by atoms with van der Waals surface area (Å²) in [5.74, 6) is 1.69. The monoisotopic (exact) mass is 446 g/mol. The highest BCUT2D eigenvalue weighted by Crippen LogP contribution is 2.08. The lowest BCUT2D eigenvalue weighted by molar-refractivity contribution is 0.789. The van der Waals surface area contributed by atoms with E-state index in [1.54, 1.807) is 18.4 Å². The standard InChI is InChI=1S/C15H22N6S.HI/c1-11-10-22-14(19-11)9-18-15(16-2)17-8-12-6-5-7-13(20-12)21(3)4;/h5-7,10H,8-9H2,1-4H3,(H2,16,17,18);1H. The number of aromatic nitrogens is 2. The van der Waals surface area contributed by atoms with Crippen LogP contribution in [0.3, 0.4) is 0 Å². The van der Waals surface area contributed by atoms with Crippen LogP contribution in [0, 0.1) is 6.92 Å². The number of pyridine rings is 1.